The van der Waals surface area contributed by atoms with Crippen molar-refractivity contribution in [1.82, 2.24) is 9.97 Å². The highest BCUT2D eigenvalue weighted by Crippen LogP contribution is 2.18. The van der Waals surface area contributed by atoms with Crippen LogP contribution in [0.15, 0.2) is 54.9 Å². The molecule has 3 rings (SSSR count). The minimum Gasteiger partial charge on any atom is -0.340 e. The first-order valence-electron chi connectivity index (χ1n) is 7.89. The molecule has 2 N–H and O–H groups in total. The largest absolute Gasteiger partial charge is 0.340 e. The smallest absolute Gasteiger partial charge is 0.274 e. The van der Waals surface area contributed by atoms with Crippen molar-refractivity contribution in [3.05, 3.63) is 77.8 Å². The molecule has 0 saturated heterocycles. The third kappa shape index (κ3) is 4.49. The lowest BCUT2D eigenvalue weighted by atomic mass is 10.1. The highest BCUT2D eigenvalue weighted by molar-refractivity contribution is 6.04. The third-order valence-electron chi connectivity index (χ3n) is 3.62. The van der Waals surface area contributed by atoms with Gasteiger partial charge in [-0.15, -0.1) is 0 Å². The van der Waals surface area contributed by atoms with Crippen LogP contribution in [0, 0.1) is 11.6 Å². The van der Waals surface area contributed by atoms with Gasteiger partial charge in [-0.2, -0.15) is 0 Å². The predicted octanol–water partition coefficient (Wildman–Crippen LogP) is 3.95. The number of halogens is 2. The van der Waals surface area contributed by atoms with Crippen molar-refractivity contribution in [1.29, 1.82) is 0 Å². The number of carbonyl (C=O) groups excluding carboxylic acids is 2. The number of hydrogen-bond acceptors (Lipinski definition) is 5. The topological polar surface area (TPSA) is 84.0 Å². The monoisotopic (exact) mass is 368 g/mol. The molecule has 0 saturated carbocycles. The molecule has 136 valence electrons. The fourth-order valence-corrected chi connectivity index (χ4v) is 2.28. The van der Waals surface area contributed by atoms with Crippen LogP contribution in [0.3, 0.4) is 0 Å². The van der Waals surface area contributed by atoms with Gasteiger partial charge in [-0.05, 0) is 31.2 Å². The molecule has 6 nitrogen and oxygen atoms in total. The lowest BCUT2D eigenvalue weighted by Crippen LogP contribution is -2.14. The van der Waals surface area contributed by atoms with Crippen molar-refractivity contribution in [2.24, 2.45) is 0 Å². The average Bonchev–Trinajstić information content (AvgIpc) is 2.65. The number of aromatic nitrogens is 2. The summed E-state index contributed by atoms with van der Waals surface area (Å²) in [6.07, 6.45) is 1.17. The fourth-order valence-electron chi connectivity index (χ4n) is 2.28. The molecule has 0 spiro atoms. The second-order valence-corrected chi connectivity index (χ2v) is 5.63. The van der Waals surface area contributed by atoms with Crippen LogP contribution in [0.5, 0.6) is 0 Å². The van der Waals surface area contributed by atoms with Gasteiger partial charge in [0.05, 0.1) is 0 Å². The highest BCUT2D eigenvalue weighted by atomic mass is 19.2. The molecular weight excluding hydrogens is 354 g/mol. The van der Waals surface area contributed by atoms with E-state index in [2.05, 4.69) is 20.6 Å². The molecule has 0 aliphatic heterocycles. The number of rotatable bonds is 5. The summed E-state index contributed by atoms with van der Waals surface area (Å²) in [7, 11) is 0. The maximum Gasteiger partial charge on any atom is 0.274 e. The number of benzene rings is 2. The maximum absolute atomic E-state index is 13.3. The number of Topliss-reactive ketones (excluding diaryl/α,β-unsaturated/α-hetero) is 1. The molecule has 0 fully saturated rings. The van der Waals surface area contributed by atoms with E-state index in [9.17, 15) is 18.4 Å². The van der Waals surface area contributed by atoms with E-state index in [1.54, 1.807) is 24.3 Å². The number of anilines is 3. The Kier molecular flexibility index (Phi) is 5.16. The number of carbonyl (C=O) groups is 2. The minimum atomic E-state index is -1.00. The first-order valence-corrected chi connectivity index (χ1v) is 7.89. The lowest BCUT2D eigenvalue weighted by molar-refractivity contribution is 0.100. The summed E-state index contributed by atoms with van der Waals surface area (Å²) < 4.78 is 26.3. The zero-order valence-corrected chi connectivity index (χ0v) is 14.2. The van der Waals surface area contributed by atoms with Crippen LogP contribution in [0.4, 0.5) is 26.0 Å². The van der Waals surface area contributed by atoms with Gasteiger partial charge in [0.15, 0.2) is 17.4 Å². The van der Waals surface area contributed by atoms with Crippen LogP contribution in [0.2, 0.25) is 0 Å². The quantitative estimate of drug-likeness (QED) is 0.666. The molecule has 2 aromatic carbocycles. The predicted molar refractivity (Wildman–Crippen MR) is 96.1 cm³/mol. The van der Waals surface area contributed by atoms with E-state index >= 15 is 0 Å². The van der Waals surface area contributed by atoms with Crippen LogP contribution in [-0.4, -0.2) is 21.7 Å². The van der Waals surface area contributed by atoms with E-state index in [1.807, 2.05) is 0 Å². The van der Waals surface area contributed by atoms with Gasteiger partial charge in [0, 0.05) is 29.1 Å². The molecule has 1 heterocycles. The highest BCUT2D eigenvalue weighted by Gasteiger charge is 2.11. The van der Waals surface area contributed by atoms with E-state index in [-0.39, 0.29) is 23.0 Å². The van der Waals surface area contributed by atoms with Crippen LogP contribution < -0.4 is 10.6 Å². The fraction of sp³-hybridized carbons (Fsp3) is 0.0526. The number of nitrogens with zero attached hydrogens (tertiary/aromatic N) is 2. The van der Waals surface area contributed by atoms with E-state index in [0.717, 1.165) is 12.1 Å². The molecule has 1 aromatic heterocycles. The molecule has 1 amide bonds. The second kappa shape index (κ2) is 7.69. The molecule has 3 aromatic rings. The SMILES string of the molecule is CC(=O)c1cccc(NC(=O)c2cc(Nc3ccc(F)c(F)c3)ncn2)c1. The molecule has 8 heteroatoms. The molecular formula is C19H14F2N4O2. The zero-order valence-electron chi connectivity index (χ0n) is 14.2. The molecule has 27 heavy (non-hydrogen) atoms. The van der Waals surface area contributed by atoms with Crippen LogP contribution in [0.25, 0.3) is 0 Å². The Bertz CT molecular complexity index is 1020. The number of amides is 1. The van der Waals surface area contributed by atoms with Crippen molar-refractivity contribution in [3.63, 3.8) is 0 Å². The number of hydrogen-bond donors (Lipinski definition) is 2. The summed E-state index contributed by atoms with van der Waals surface area (Å²) in [5, 5.41) is 5.42. The Balaban J connectivity index is 1.76. The maximum atomic E-state index is 13.3. The first kappa shape index (κ1) is 18.1. The molecule has 0 unspecified atom stereocenters. The summed E-state index contributed by atoms with van der Waals surface area (Å²) in [6, 6.07) is 11.2. The van der Waals surface area contributed by atoms with Crippen molar-refractivity contribution >= 4 is 28.9 Å². The molecule has 0 bridgehead atoms. The average molecular weight is 368 g/mol. The Morgan fingerprint density at radius 2 is 1.74 bits per heavy atom. The van der Waals surface area contributed by atoms with Crippen molar-refractivity contribution in [3.8, 4) is 0 Å². The Morgan fingerprint density at radius 1 is 0.926 bits per heavy atom. The molecule has 0 aliphatic carbocycles. The minimum absolute atomic E-state index is 0.0586. The van der Waals surface area contributed by atoms with Gasteiger partial charge in [0.25, 0.3) is 5.91 Å². The molecule has 0 aliphatic rings. The van der Waals surface area contributed by atoms with E-state index in [1.165, 1.54) is 25.4 Å². The number of ketones is 1. The van der Waals surface area contributed by atoms with Gasteiger partial charge < -0.3 is 10.6 Å². The standard InChI is InChI=1S/C19H14F2N4O2/c1-11(26)12-3-2-4-13(7-12)25-19(27)17-9-18(23-10-22-17)24-14-5-6-15(20)16(21)8-14/h2-10H,1H3,(H,25,27)(H,22,23,24). The van der Waals surface area contributed by atoms with Gasteiger partial charge in [-0.1, -0.05) is 12.1 Å². The lowest BCUT2D eigenvalue weighted by Gasteiger charge is -2.08. The second-order valence-electron chi connectivity index (χ2n) is 5.63. The summed E-state index contributed by atoms with van der Waals surface area (Å²) in [5.41, 5.74) is 1.24. The zero-order chi connectivity index (χ0) is 19.4. The summed E-state index contributed by atoms with van der Waals surface area (Å²) >= 11 is 0. The Morgan fingerprint density at radius 3 is 2.48 bits per heavy atom. The normalized spacial score (nSPS) is 10.3. The van der Waals surface area contributed by atoms with Gasteiger partial charge in [0.1, 0.15) is 17.8 Å². The Labute approximate surface area is 153 Å². The van der Waals surface area contributed by atoms with Crippen LogP contribution in [0.1, 0.15) is 27.8 Å². The van der Waals surface area contributed by atoms with Gasteiger partial charge in [0.2, 0.25) is 0 Å². The van der Waals surface area contributed by atoms with Crippen LogP contribution >= 0.6 is 0 Å². The number of nitrogens with one attached hydrogen (secondary N) is 2. The van der Waals surface area contributed by atoms with Crippen molar-refractivity contribution < 1.29 is 18.4 Å². The van der Waals surface area contributed by atoms with Crippen molar-refractivity contribution in [2.75, 3.05) is 10.6 Å². The summed E-state index contributed by atoms with van der Waals surface area (Å²) in [4.78, 5) is 31.7. The van der Waals surface area contributed by atoms with Gasteiger partial charge in [-0.3, -0.25) is 9.59 Å². The van der Waals surface area contributed by atoms with E-state index < -0.39 is 17.5 Å². The van der Waals surface area contributed by atoms with Crippen LogP contribution in [-0.2, 0) is 0 Å². The summed E-state index contributed by atoms with van der Waals surface area (Å²) in [6.45, 7) is 1.43. The molecule has 0 radical (unpaired) electrons. The van der Waals surface area contributed by atoms with E-state index in [0.29, 0.717) is 11.3 Å². The van der Waals surface area contributed by atoms with E-state index in [4.69, 9.17) is 0 Å². The van der Waals surface area contributed by atoms with Gasteiger partial charge >= 0.3 is 0 Å². The summed E-state index contributed by atoms with van der Waals surface area (Å²) in [5.74, 6) is -2.36. The Hall–Kier alpha value is -3.68. The van der Waals surface area contributed by atoms with Gasteiger partial charge in [-0.25, -0.2) is 18.7 Å². The molecule has 0 atom stereocenters. The third-order valence-corrected chi connectivity index (χ3v) is 3.62. The first-order chi connectivity index (χ1) is 12.9. The van der Waals surface area contributed by atoms with Crippen molar-refractivity contribution in [2.45, 2.75) is 6.92 Å².